The molecule has 17 heavy (non-hydrogen) atoms. The summed E-state index contributed by atoms with van der Waals surface area (Å²) in [6.45, 7) is 1.96. The number of aliphatic carboxylic acids is 1. The van der Waals surface area contributed by atoms with E-state index in [0.717, 1.165) is 12.8 Å². The van der Waals surface area contributed by atoms with Gasteiger partial charge in [0.15, 0.2) is 0 Å². The molecule has 0 aliphatic heterocycles. The van der Waals surface area contributed by atoms with Crippen molar-refractivity contribution < 1.29 is 19.5 Å². The van der Waals surface area contributed by atoms with Gasteiger partial charge in [-0.3, -0.25) is 9.59 Å². The van der Waals surface area contributed by atoms with Gasteiger partial charge in [0.2, 0.25) is 11.8 Å². The predicted molar refractivity (Wildman–Crippen MR) is 60.9 cm³/mol. The molecule has 0 aromatic rings. The number of carboxylic acid groups (broad SMARTS) is 1. The zero-order valence-electron chi connectivity index (χ0n) is 9.81. The summed E-state index contributed by atoms with van der Waals surface area (Å²) in [7, 11) is 0. The summed E-state index contributed by atoms with van der Waals surface area (Å²) >= 11 is 0. The maximum absolute atomic E-state index is 11.5. The average molecular weight is 245 g/mol. The quantitative estimate of drug-likeness (QED) is 0.432. The molecule has 6 N–H and O–H groups in total. The van der Waals surface area contributed by atoms with E-state index in [2.05, 4.69) is 5.32 Å². The largest absolute Gasteiger partial charge is 0.480 e. The molecule has 2 atom stereocenters. The summed E-state index contributed by atoms with van der Waals surface area (Å²) in [5.74, 6) is -2.67. The minimum absolute atomic E-state index is 0.443. The number of primary amides is 1. The lowest BCUT2D eigenvalue weighted by Crippen LogP contribution is -2.49. The van der Waals surface area contributed by atoms with Crippen LogP contribution in [-0.2, 0) is 14.4 Å². The molecule has 98 valence electrons. The lowest BCUT2D eigenvalue weighted by molar-refractivity contribution is -0.143. The van der Waals surface area contributed by atoms with Crippen molar-refractivity contribution in [2.24, 2.45) is 11.5 Å². The van der Waals surface area contributed by atoms with Gasteiger partial charge >= 0.3 is 5.97 Å². The Morgan fingerprint density at radius 3 is 2.35 bits per heavy atom. The highest BCUT2D eigenvalue weighted by molar-refractivity contribution is 5.89. The molecule has 0 saturated carbocycles. The highest BCUT2D eigenvalue weighted by Crippen LogP contribution is 2.00. The fourth-order valence-corrected chi connectivity index (χ4v) is 1.24. The zero-order chi connectivity index (χ0) is 13.4. The monoisotopic (exact) mass is 245 g/mol. The molecule has 0 aliphatic carbocycles. The van der Waals surface area contributed by atoms with E-state index in [1.807, 2.05) is 6.92 Å². The van der Waals surface area contributed by atoms with Crippen LogP contribution in [0.4, 0.5) is 0 Å². The number of amides is 2. The summed E-state index contributed by atoms with van der Waals surface area (Å²) < 4.78 is 0. The number of carboxylic acids is 1. The standard InChI is InChI=1S/C10H19N3O4/c1-2-3-4-6(11)9(15)13-7(10(16)17)5-8(12)14/h6-7H,2-5,11H2,1H3,(H2,12,14)(H,13,15)(H,16,17)/t6-,7-/m0/s1. The molecule has 0 heterocycles. The molecule has 7 nitrogen and oxygen atoms in total. The lowest BCUT2D eigenvalue weighted by Gasteiger charge is -2.16. The Balaban J connectivity index is 4.29. The molecule has 0 fully saturated rings. The van der Waals surface area contributed by atoms with Crippen LogP contribution in [0.5, 0.6) is 0 Å². The smallest absolute Gasteiger partial charge is 0.326 e. The van der Waals surface area contributed by atoms with E-state index in [9.17, 15) is 14.4 Å². The highest BCUT2D eigenvalue weighted by atomic mass is 16.4. The minimum atomic E-state index is -1.31. The number of nitrogens with two attached hydrogens (primary N) is 2. The first kappa shape index (κ1) is 15.4. The van der Waals surface area contributed by atoms with Crippen molar-refractivity contribution in [2.45, 2.75) is 44.7 Å². The number of carbonyl (C=O) groups excluding carboxylic acids is 2. The van der Waals surface area contributed by atoms with Gasteiger partial charge in [-0.1, -0.05) is 19.8 Å². The second-order valence-electron chi connectivity index (χ2n) is 3.82. The molecule has 0 unspecified atom stereocenters. The Kier molecular flexibility index (Phi) is 6.88. The van der Waals surface area contributed by atoms with E-state index in [4.69, 9.17) is 16.6 Å². The molecule has 7 heteroatoms. The SMILES string of the molecule is CCCC[C@H](N)C(=O)N[C@@H](CC(N)=O)C(=O)O. The molecular formula is C10H19N3O4. The molecule has 0 aliphatic rings. The summed E-state index contributed by atoms with van der Waals surface area (Å²) in [4.78, 5) is 32.9. The summed E-state index contributed by atoms with van der Waals surface area (Å²) in [6.07, 6.45) is 1.71. The van der Waals surface area contributed by atoms with Gasteiger partial charge in [-0.15, -0.1) is 0 Å². The summed E-state index contributed by atoms with van der Waals surface area (Å²) in [5, 5.41) is 11.0. The summed E-state index contributed by atoms with van der Waals surface area (Å²) in [5.41, 5.74) is 10.4. The lowest BCUT2D eigenvalue weighted by atomic mass is 10.1. The van der Waals surface area contributed by atoms with Gasteiger partial charge in [-0.05, 0) is 6.42 Å². The van der Waals surface area contributed by atoms with Crippen molar-refractivity contribution in [3.05, 3.63) is 0 Å². The summed E-state index contributed by atoms with van der Waals surface area (Å²) in [6, 6.07) is -2.07. The van der Waals surface area contributed by atoms with Crippen molar-refractivity contribution in [1.29, 1.82) is 0 Å². The molecule has 0 spiro atoms. The van der Waals surface area contributed by atoms with Crippen molar-refractivity contribution in [3.8, 4) is 0 Å². The van der Waals surface area contributed by atoms with Crippen LogP contribution in [0.1, 0.15) is 32.6 Å². The van der Waals surface area contributed by atoms with Crippen LogP contribution in [0.15, 0.2) is 0 Å². The van der Waals surface area contributed by atoms with Crippen molar-refractivity contribution in [1.82, 2.24) is 5.32 Å². The molecule has 2 amide bonds. The van der Waals surface area contributed by atoms with Crippen molar-refractivity contribution in [2.75, 3.05) is 0 Å². The molecule has 0 aromatic carbocycles. The molecule has 0 rings (SSSR count). The van der Waals surface area contributed by atoms with Crippen LogP contribution in [0.2, 0.25) is 0 Å². The third-order valence-electron chi connectivity index (χ3n) is 2.23. The number of hydrogen-bond acceptors (Lipinski definition) is 4. The van der Waals surface area contributed by atoms with Gasteiger partial charge in [0, 0.05) is 0 Å². The van der Waals surface area contributed by atoms with Crippen molar-refractivity contribution in [3.63, 3.8) is 0 Å². The second-order valence-corrected chi connectivity index (χ2v) is 3.82. The highest BCUT2D eigenvalue weighted by Gasteiger charge is 2.24. The van der Waals surface area contributed by atoms with Gasteiger partial charge in [-0.25, -0.2) is 4.79 Å². The Morgan fingerprint density at radius 2 is 1.94 bits per heavy atom. The fourth-order valence-electron chi connectivity index (χ4n) is 1.24. The number of unbranched alkanes of at least 4 members (excludes halogenated alkanes) is 1. The Labute approximate surface area is 99.5 Å². The Morgan fingerprint density at radius 1 is 1.35 bits per heavy atom. The third-order valence-corrected chi connectivity index (χ3v) is 2.23. The topological polar surface area (TPSA) is 136 Å². The van der Waals surface area contributed by atoms with Crippen LogP contribution >= 0.6 is 0 Å². The van der Waals surface area contributed by atoms with E-state index < -0.39 is 36.3 Å². The second kappa shape index (κ2) is 7.61. The minimum Gasteiger partial charge on any atom is -0.480 e. The van der Waals surface area contributed by atoms with Crippen LogP contribution in [0.25, 0.3) is 0 Å². The fraction of sp³-hybridized carbons (Fsp3) is 0.700. The maximum Gasteiger partial charge on any atom is 0.326 e. The van der Waals surface area contributed by atoms with Crippen LogP contribution in [0, 0.1) is 0 Å². The van der Waals surface area contributed by atoms with Gasteiger partial charge in [0.25, 0.3) is 0 Å². The van der Waals surface area contributed by atoms with Gasteiger partial charge in [0.1, 0.15) is 6.04 Å². The van der Waals surface area contributed by atoms with Gasteiger partial charge in [-0.2, -0.15) is 0 Å². The van der Waals surface area contributed by atoms with Crippen molar-refractivity contribution >= 4 is 17.8 Å². The van der Waals surface area contributed by atoms with E-state index in [1.54, 1.807) is 0 Å². The number of carbonyl (C=O) groups is 3. The van der Waals surface area contributed by atoms with E-state index in [1.165, 1.54) is 0 Å². The van der Waals surface area contributed by atoms with Gasteiger partial charge < -0.3 is 21.9 Å². The van der Waals surface area contributed by atoms with E-state index in [0.29, 0.717) is 6.42 Å². The zero-order valence-corrected chi connectivity index (χ0v) is 9.81. The van der Waals surface area contributed by atoms with Crippen LogP contribution in [-0.4, -0.2) is 35.0 Å². The maximum atomic E-state index is 11.5. The predicted octanol–water partition coefficient (Wildman–Crippen LogP) is -1.05. The molecule has 0 saturated heterocycles. The van der Waals surface area contributed by atoms with Crippen LogP contribution in [0.3, 0.4) is 0 Å². The third kappa shape index (κ3) is 6.52. The first-order valence-corrected chi connectivity index (χ1v) is 5.45. The number of nitrogens with one attached hydrogen (secondary N) is 1. The van der Waals surface area contributed by atoms with Gasteiger partial charge in [0.05, 0.1) is 12.5 Å². The Bertz CT molecular complexity index is 293. The first-order chi connectivity index (χ1) is 7.88. The Hall–Kier alpha value is -1.63. The molecule has 0 aromatic heterocycles. The normalized spacial score (nSPS) is 13.8. The molecule has 0 bridgehead atoms. The molecule has 0 radical (unpaired) electrons. The number of hydrogen-bond donors (Lipinski definition) is 4. The van der Waals surface area contributed by atoms with E-state index >= 15 is 0 Å². The average Bonchev–Trinajstić information content (AvgIpc) is 2.23. The first-order valence-electron chi connectivity index (χ1n) is 5.45. The van der Waals surface area contributed by atoms with Crippen LogP contribution < -0.4 is 16.8 Å². The molecular weight excluding hydrogens is 226 g/mol. The number of rotatable bonds is 8. The van der Waals surface area contributed by atoms with E-state index in [-0.39, 0.29) is 0 Å².